The molecule has 5 nitrogen and oxygen atoms in total. The summed E-state index contributed by atoms with van der Waals surface area (Å²) >= 11 is 0. The Labute approximate surface area is 141 Å². The molecule has 0 N–H and O–H groups in total. The second kappa shape index (κ2) is 5.86. The van der Waals surface area contributed by atoms with Gasteiger partial charge >= 0.3 is 0 Å². The number of hydrogen-bond donors (Lipinski definition) is 0. The summed E-state index contributed by atoms with van der Waals surface area (Å²) in [7, 11) is 0. The molecule has 5 heteroatoms. The smallest absolute Gasteiger partial charge is 0.257 e. The average Bonchev–Trinajstić information content (AvgIpc) is 2.78. The molecule has 24 heavy (non-hydrogen) atoms. The van der Waals surface area contributed by atoms with Gasteiger partial charge < -0.3 is 4.74 Å². The lowest BCUT2D eigenvalue weighted by atomic mass is 9.77. The number of carbonyl (C=O) groups excluding carboxylic acids is 2. The van der Waals surface area contributed by atoms with Crippen molar-refractivity contribution in [1.29, 1.82) is 0 Å². The quantitative estimate of drug-likeness (QED) is 0.802. The predicted octanol–water partition coefficient (Wildman–Crippen LogP) is 2.83. The monoisotopic (exact) mass is 324 g/mol. The van der Waals surface area contributed by atoms with E-state index < -0.39 is 11.6 Å². The minimum atomic E-state index is -0.991. The maximum absolute atomic E-state index is 13.1. The van der Waals surface area contributed by atoms with Crippen LogP contribution in [0.1, 0.15) is 27.7 Å². The van der Waals surface area contributed by atoms with Gasteiger partial charge in [-0.3, -0.25) is 14.7 Å². The van der Waals surface area contributed by atoms with Crippen molar-refractivity contribution in [2.24, 2.45) is 5.92 Å². The van der Waals surface area contributed by atoms with Gasteiger partial charge in [0.25, 0.3) is 5.91 Å². The third kappa shape index (κ3) is 2.17. The maximum atomic E-state index is 13.1. The van der Waals surface area contributed by atoms with E-state index in [1.807, 2.05) is 39.8 Å². The topological polar surface area (TPSA) is 59.5 Å². The first kappa shape index (κ1) is 16.4. The van der Waals surface area contributed by atoms with E-state index >= 15 is 0 Å². The van der Waals surface area contributed by atoms with E-state index in [9.17, 15) is 9.59 Å². The Morgan fingerprint density at radius 1 is 1.42 bits per heavy atom. The van der Waals surface area contributed by atoms with Gasteiger partial charge in [0.1, 0.15) is 5.94 Å². The molecule has 3 rings (SSSR count). The molecule has 1 aromatic rings. The van der Waals surface area contributed by atoms with Gasteiger partial charge in [0.15, 0.2) is 5.72 Å². The number of nitrogens with zero attached hydrogens (tertiary/aromatic N) is 2. The number of pyridine rings is 1. The highest BCUT2D eigenvalue weighted by molar-refractivity contribution is 6.11. The van der Waals surface area contributed by atoms with Crippen molar-refractivity contribution in [2.75, 3.05) is 11.5 Å². The van der Waals surface area contributed by atoms with Crippen LogP contribution in [0.15, 0.2) is 52.9 Å². The van der Waals surface area contributed by atoms with Crippen molar-refractivity contribution in [3.63, 3.8) is 0 Å². The number of rotatable bonds is 3. The van der Waals surface area contributed by atoms with Crippen LogP contribution in [0.2, 0.25) is 0 Å². The van der Waals surface area contributed by atoms with E-state index in [2.05, 4.69) is 10.9 Å². The van der Waals surface area contributed by atoms with Gasteiger partial charge in [-0.15, -0.1) is 0 Å². The molecular formula is C19H20N2O3. The number of fused-ring (bicyclic) bond motifs is 1. The highest BCUT2D eigenvalue weighted by atomic mass is 16.5. The molecule has 1 aliphatic carbocycles. The second-order valence-corrected chi connectivity index (χ2v) is 6.20. The standard InChI is InChI=1S/C19H20N2O3/c1-5-24-19(4)17-15(9-12(2)13(3)16(17)11-22)18(23)21(19)14-7-6-8-20-10-14/h6-10,17H,5H2,1-4H3. The highest BCUT2D eigenvalue weighted by Crippen LogP contribution is 2.50. The Morgan fingerprint density at radius 2 is 2.17 bits per heavy atom. The van der Waals surface area contributed by atoms with Gasteiger partial charge in [0.2, 0.25) is 0 Å². The fraction of sp³-hybridized carbons (Fsp3) is 0.368. The van der Waals surface area contributed by atoms with Gasteiger partial charge in [-0.2, -0.15) is 0 Å². The van der Waals surface area contributed by atoms with Crippen molar-refractivity contribution >= 4 is 17.5 Å². The fourth-order valence-corrected chi connectivity index (χ4v) is 3.65. The predicted molar refractivity (Wildman–Crippen MR) is 90.9 cm³/mol. The molecule has 1 aromatic heterocycles. The SMILES string of the molecule is CCOC1(C)C2C(=C=O)C(C)=C(C)C=C2C(=O)N1c1cccnc1. The summed E-state index contributed by atoms with van der Waals surface area (Å²) in [5.74, 6) is 1.43. The number of anilines is 1. The summed E-state index contributed by atoms with van der Waals surface area (Å²) in [5, 5.41) is 0. The Bertz CT molecular complexity index is 803. The van der Waals surface area contributed by atoms with Gasteiger partial charge in [0, 0.05) is 18.4 Å². The van der Waals surface area contributed by atoms with Crippen LogP contribution in [0.4, 0.5) is 5.69 Å². The van der Waals surface area contributed by atoms with E-state index in [4.69, 9.17) is 4.74 Å². The van der Waals surface area contributed by atoms with Crippen molar-refractivity contribution in [3.8, 4) is 0 Å². The Kier molecular flexibility index (Phi) is 3.99. The first-order valence-corrected chi connectivity index (χ1v) is 7.98. The Balaban J connectivity index is 2.24. The molecule has 1 saturated heterocycles. The summed E-state index contributed by atoms with van der Waals surface area (Å²) < 4.78 is 6.03. The Hall–Kier alpha value is -2.49. The lowest BCUT2D eigenvalue weighted by Crippen LogP contribution is -2.50. The van der Waals surface area contributed by atoms with Crippen LogP contribution in [0, 0.1) is 5.92 Å². The minimum Gasteiger partial charge on any atom is -0.355 e. The summed E-state index contributed by atoms with van der Waals surface area (Å²) in [6, 6.07) is 3.59. The summed E-state index contributed by atoms with van der Waals surface area (Å²) in [6.07, 6.45) is 5.14. The molecule has 2 heterocycles. The van der Waals surface area contributed by atoms with Gasteiger partial charge in [-0.05, 0) is 57.0 Å². The zero-order valence-corrected chi connectivity index (χ0v) is 14.3. The van der Waals surface area contributed by atoms with Crippen LogP contribution in [-0.4, -0.2) is 29.2 Å². The molecule has 2 aliphatic rings. The summed E-state index contributed by atoms with van der Waals surface area (Å²) in [6.45, 7) is 7.91. The summed E-state index contributed by atoms with van der Waals surface area (Å²) in [4.78, 5) is 30.5. The fourth-order valence-electron chi connectivity index (χ4n) is 3.65. The number of amides is 1. The molecule has 1 aliphatic heterocycles. The zero-order chi connectivity index (χ0) is 17.5. The molecule has 0 spiro atoms. The van der Waals surface area contributed by atoms with Crippen LogP contribution in [0.5, 0.6) is 0 Å². The average molecular weight is 324 g/mol. The lowest BCUT2D eigenvalue weighted by molar-refractivity contribution is -0.117. The van der Waals surface area contributed by atoms with Gasteiger partial charge in [-0.1, -0.05) is 0 Å². The molecule has 0 radical (unpaired) electrons. The van der Waals surface area contributed by atoms with Crippen molar-refractivity contribution < 1.29 is 14.3 Å². The third-order valence-electron chi connectivity index (χ3n) is 4.85. The number of carbonyl (C=O) groups is 1. The normalized spacial score (nSPS) is 26.4. The first-order valence-electron chi connectivity index (χ1n) is 7.98. The van der Waals surface area contributed by atoms with Crippen LogP contribution in [0.25, 0.3) is 0 Å². The van der Waals surface area contributed by atoms with Crippen LogP contribution in [0.3, 0.4) is 0 Å². The molecule has 0 aromatic carbocycles. The van der Waals surface area contributed by atoms with Crippen LogP contribution >= 0.6 is 0 Å². The van der Waals surface area contributed by atoms with E-state index in [1.54, 1.807) is 23.4 Å². The summed E-state index contributed by atoms with van der Waals surface area (Å²) in [5.41, 5.74) is 2.46. The molecule has 124 valence electrons. The van der Waals surface area contributed by atoms with Crippen LogP contribution < -0.4 is 4.90 Å². The third-order valence-corrected chi connectivity index (χ3v) is 4.85. The van der Waals surface area contributed by atoms with E-state index in [1.165, 1.54) is 0 Å². The number of hydrogen-bond acceptors (Lipinski definition) is 4. The Morgan fingerprint density at radius 3 is 2.75 bits per heavy atom. The first-order chi connectivity index (χ1) is 11.5. The number of allylic oxidation sites excluding steroid dienone is 3. The van der Waals surface area contributed by atoms with E-state index in [0.717, 1.165) is 11.1 Å². The molecule has 2 unspecified atom stereocenters. The molecule has 1 fully saturated rings. The van der Waals surface area contributed by atoms with E-state index in [-0.39, 0.29) is 5.91 Å². The zero-order valence-electron chi connectivity index (χ0n) is 14.3. The lowest BCUT2D eigenvalue weighted by Gasteiger charge is -2.39. The van der Waals surface area contributed by atoms with Crippen LogP contribution in [-0.2, 0) is 14.3 Å². The molecule has 0 saturated carbocycles. The molecular weight excluding hydrogens is 304 g/mol. The van der Waals surface area contributed by atoms with Crippen molar-refractivity contribution in [1.82, 2.24) is 4.98 Å². The largest absolute Gasteiger partial charge is 0.355 e. The van der Waals surface area contributed by atoms with E-state index in [0.29, 0.717) is 23.4 Å². The second-order valence-electron chi connectivity index (χ2n) is 6.20. The molecule has 1 amide bonds. The molecule has 2 atom stereocenters. The van der Waals surface area contributed by atoms with Gasteiger partial charge in [0.05, 0.1) is 23.4 Å². The number of ether oxygens (including phenoxy) is 1. The number of aromatic nitrogens is 1. The highest BCUT2D eigenvalue weighted by Gasteiger charge is 2.57. The maximum Gasteiger partial charge on any atom is 0.257 e. The van der Waals surface area contributed by atoms with Gasteiger partial charge in [-0.25, -0.2) is 4.79 Å². The van der Waals surface area contributed by atoms with Crippen molar-refractivity contribution in [2.45, 2.75) is 33.4 Å². The van der Waals surface area contributed by atoms with Crippen molar-refractivity contribution in [3.05, 3.63) is 52.9 Å². The minimum absolute atomic E-state index is 0.163. The molecule has 0 bridgehead atoms.